The number of sulfonamides is 1. The molecular formula is C22H21FN2O3S. The van der Waals surface area contributed by atoms with Crippen molar-refractivity contribution in [2.24, 2.45) is 0 Å². The van der Waals surface area contributed by atoms with Gasteiger partial charge in [0, 0.05) is 5.69 Å². The van der Waals surface area contributed by atoms with E-state index in [9.17, 15) is 17.6 Å². The lowest BCUT2D eigenvalue weighted by Crippen LogP contribution is -2.45. The highest BCUT2D eigenvalue weighted by molar-refractivity contribution is 7.89. The second kappa shape index (κ2) is 8.98. The molecular weight excluding hydrogens is 391 g/mol. The lowest BCUT2D eigenvalue weighted by atomic mass is 10.1. The molecule has 3 rings (SSSR count). The highest BCUT2D eigenvalue weighted by Gasteiger charge is 2.28. The zero-order valence-corrected chi connectivity index (χ0v) is 16.6. The minimum atomic E-state index is -4.24. The maximum absolute atomic E-state index is 14.0. The molecule has 29 heavy (non-hydrogen) atoms. The Balaban J connectivity index is 1.87. The first-order chi connectivity index (χ1) is 13.8. The van der Waals surface area contributed by atoms with Crippen molar-refractivity contribution in [2.75, 3.05) is 5.32 Å². The molecule has 1 atom stereocenters. The second-order valence-corrected chi connectivity index (χ2v) is 8.33. The number of benzene rings is 3. The largest absolute Gasteiger partial charge is 0.325 e. The lowest BCUT2D eigenvalue weighted by molar-refractivity contribution is -0.117. The predicted octanol–water partition coefficient (Wildman–Crippen LogP) is 3.66. The third-order valence-electron chi connectivity index (χ3n) is 4.34. The molecule has 0 radical (unpaired) electrons. The maximum Gasteiger partial charge on any atom is 0.244 e. The number of nitrogens with one attached hydrogen (secondary N) is 2. The second-order valence-electron chi connectivity index (χ2n) is 6.65. The molecule has 0 aliphatic rings. The monoisotopic (exact) mass is 412 g/mol. The summed E-state index contributed by atoms with van der Waals surface area (Å²) in [5, 5.41) is 2.72. The fourth-order valence-corrected chi connectivity index (χ4v) is 4.09. The van der Waals surface area contributed by atoms with Crippen LogP contribution >= 0.6 is 0 Å². The van der Waals surface area contributed by atoms with Crippen molar-refractivity contribution in [1.29, 1.82) is 0 Å². The van der Waals surface area contributed by atoms with E-state index in [1.165, 1.54) is 12.1 Å². The number of rotatable bonds is 7. The molecule has 0 saturated heterocycles. The first-order valence-electron chi connectivity index (χ1n) is 9.03. The molecule has 5 nitrogen and oxygen atoms in total. The molecule has 0 bridgehead atoms. The number of hydrogen-bond donors (Lipinski definition) is 2. The zero-order chi connectivity index (χ0) is 20.9. The van der Waals surface area contributed by atoms with Crippen LogP contribution in [0.15, 0.2) is 83.8 Å². The summed E-state index contributed by atoms with van der Waals surface area (Å²) in [5.74, 6) is -1.41. The summed E-state index contributed by atoms with van der Waals surface area (Å²) in [7, 11) is -4.24. The number of hydrogen-bond acceptors (Lipinski definition) is 3. The van der Waals surface area contributed by atoms with E-state index in [1.807, 2.05) is 25.1 Å². The van der Waals surface area contributed by atoms with Gasteiger partial charge in [-0.1, -0.05) is 60.2 Å². The van der Waals surface area contributed by atoms with E-state index in [-0.39, 0.29) is 6.42 Å². The molecule has 3 aromatic carbocycles. The summed E-state index contributed by atoms with van der Waals surface area (Å²) in [6.45, 7) is 1.92. The van der Waals surface area contributed by atoms with Gasteiger partial charge in [0.1, 0.15) is 16.8 Å². The van der Waals surface area contributed by atoms with Crippen LogP contribution in [-0.4, -0.2) is 20.4 Å². The number of carbonyl (C=O) groups excluding carboxylic acids is 1. The Morgan fingerprint density at radius 1 is 0.931 bits per heavy atom. The number of aryl methyl sites for hydroxylation is 1. The molecule has 0 unspecified atom stereocenters. The minimum absolute atomic E-state index is 0.117. The third kappa shape index (κ3) is 5.49. The van der Waals surface area contributed by atoms with Crippen molar-refractivity contribution >= 4 is 21.6 Å². The van der Waals surface area contributed by atoms with Gasteiger partial charge in [0.05, 0.1) is 0 Å². The summed E-state index contributed by atoms with van der Waals surface area (Å²) in [6, 6.07) is 20.1. The van der Waals surface area contributed by atoms with Crippen molar-refractivity contribution in [3.63, 3.8) is 0 Å². The molecule has 2 N–H and O–H groups in total. The van der Waals surface area contributed by atoms with E-state index in [0.29, 0.717) is 5.69 Å². The molecule has 0 saturated carbocycles. The average molecular weight is 412 g/mol. The fourth-order valence-electron chi connectivity index (χ4n) is 2.82. The van der Waals surface area contributed by atoms with Crippen LogP contribution < -0.4 is 10.0 Å². The average Bonchev–Trinajstić information content (AvgIpc) is 2.70. The van der Waals surface area contributed by atoms with Gasteiger partial charge in [-0.15, -0.1) is 0 Å². The van der Waals surface area contributed by atoms with Crippen LogP contribution in [0.25, 0.3) is 0 Å². The van der Waals surface area contributed by atoms with Crippen LogP contribution in [0.3, 0.4) is 0 Å². The number of anilines is 1. The topological polar surface area (TPSA) is 75.3 Å². The number of halogens is 1. The van der Waals surface area contributed by atoms with Crippen LogP contribution in [-0.2, 0) is 21.2 Å². The smallest absolute Gasteiger partial charge is 0.244 e. The van der Waals surface area contributed by atoms with Crippen molar-refractivity contribution in [1.82, 2.24) is 4.72 Å². The molecule has 0 aromatic heterocycles. The summed E-state index contributed by atoms with van der Waals surface area (Å²) >= 11 is 0. The Kier molecular flexibility index (Phi) is 6.41. The van der Waals surface area contributed by atoms with Gasteiger partial charge in [-0.2, -0.15) is 4.72 Å². The van der Waals surface area contributed by atoms with E-state index in [2.05, 4.69) is 10.0 Å². The molecule has 0 fully saturated rings. The molecule has 7 heteroatoms. The van der Waals surface area contributed by atoms with E-state index in [0.717, 1.165) is 23.3 Å². The Hall–Kier alpha value is -3.03. The van der Waals surface area contributed by atoms with Gasteiger partial charge in [0.2, 0.25) is 15.9 Å². The SMILES string of the molecule is Cc1ccc(NC(=O)[C@H](Cc2ccccc2)NS(=O)(=O)c2ccccc2F)cc1. The van der Waals surface area contributed by atoms with Gasteiger partial charge < -0.3 is 5.32 Å². The van der Waals surface area contributed by atoms with Gasteiger partial charge in [0.25, 0.3) is 0 Å². The van der Waals surface area contributed by atoms with E-state index >= 15 is 0 Å². The molecule has 0 aliphatic heterocycles. The van der Waals surface area contributed by atoms with Gasteiger partial charge in [-0.3, -0.25) is 4.79 Å². The Bertz CT molecular complexity index is 1080. The van der Waals surface area contributed by atoms with Crippen molar-refractivity contribution in [2.45, 2.75) is 24.3 Å². The van der Waals surface area contributed by atoms with Gasteiger partial charge in [0.15, 0.2) is 0 Å². The molecule has 150 valence electrons. The van der Waals surface area contributed by atoms with Gasteiger partial charge >= 0.3 is 0 Å². The van der Waals surface area contributed by atoms with Crippen LogP contribution in [0.5, 0.6) is 0 Å². The highest BCUT2D eigenvalue weighted by Crippen LogP contribution is 2.16. The lowest BCUT2D eigenvalue weighted by Gasteiger charge is -2.19. The van der Waals surface area contributed by atoms with Crippen LogP contribution in [0.2, 0.25) is 0 Å². The van der Waals surface area contributed by atoms with E-state index in [4.69, 9.17) is 0 Å². The van der Waals surface area contributed by atoms with E-state index < -0.39 is 32.7 Å². The molecule has 3 aromatic rings. The predicted molar refractivity (Wildman–Crippen MR) is 110 cm³/mol. The van der Waals surface area contributed by atoms with Crippen LogP contribution in [0, 0.1) is 12.7 Å². The van der Waals surface area contributed by atoms with Crippen molar-refractivity contribution < 1.29 is 17.6 Å². The Labute approximate surface area is 169 Å². The standard InChI is InChI=1S/C22H21FN2O3S/c1-16-11-13-18(14-12-16)24-22(26)20(15-17-7-3-2-4-8-17)25-29(27,28)21-10-6-5-9-19(21)23/h2-14,20,25H,15H2,1H3,(H,24,26)/t20-/m0/s1. The first-order valence-corrected chi connectivity index (χ1v) is 10.5. The van der Waals surface area contributed by atoms with Crippen LogP contribution in [0.4, 0.5) is 10.1 Å². The van der Waals surface area contributed by atoms with Crippen molar-refractivity contribution in [3.05, 3.63) is 95.8 Å². The van der Waals surface area contributed by atoms with Gasteiger partial charge in [-0.25, -0.2) is 12.8 Å². The van der Waals surface area contributed by atoms with Crippen molar-refractivity contribution in [3.8, 4) is 0 Å². The van der Waals surface area contributed by atoms with Gasteiger partial charge in [-0.05, 0) is 43.2 Å². The summed E-state index contributed by atoms with van der Waals surface area (Å²) in [4.78, 5) is 12.4. The summed E-state index contributed by atoms with van der Waals surface area (Å²) in [6.07, 6.45) is 0.117. The summed E-state index contributed by atoms with van der Waals surface area (Å²) < 4.78 is 41.8. The van der Waals surface area contributed by atoms with E-state index in [1.54, 1.807) is 36.4 Å². The molecule has 0 spiro atoms. The quantitative estimate of drug-likeness (QED) is 0.622. The molecule has 0 aliphatic carbocycles. The highest BCUT2D eigenvalue weighted by atomic mass is 32.2. The fraction of sp³-hybridized carbons (Fsp3) is 0.136. The minimum Gasteiger partial charge on any atom is -0.325 e. The normalized spacial score (nSPS) is 12.3. The zero-order valence-electron chi connectivity index (χ0n) is 15.8. The molecule has 0 heterocycles. The number of amides is 1. The molecule has 1 amide bonds. The van der Waals surface area contributed by atoms with Crippen LogP contribution in [0.1, 0.15) is 11.1 Å². The Morgan fingerprint density at radius 3 is 2.21 bits per heavy atom. The third-order valence-corrected chi connectivity index (χ3v) is 5.85. The summed E-state index contributed by atoms with van der Waals surface area (Å²) in [5.41, 5.74) is 2.35. The maximum atomic E-state index is 14.0. The first kappa shape index (κ1) is 20.7. The Morgan fingerprint density at radius 2 is 1.55 bits per heavy atom. The number of carbonyl (C=O) groups is 1.